The largest absolute Gasteiger partial charge is 0.306 e. The van der Waals surface area contributed by atoms with Gasteiger partial charge in [-0.3, -0.25) is 4.79 Å². The predicted octanol–water partition coefficient (Wildman–Crippen LogP) is 4.10. The topological polar surface area (TPSA) is 33.2 Å². The Morgan fingerprint density at radius 2 is 2.09 bits per heavy atom. The van der Waals surface area contributed by atoms with Gasteiger partial charge in [-0.25, -0.2) is 4.98 Å². The molecule has 0 spiro atoms. The molecule has 1 fully saturated rings. The molecule has 116 valence electrons. The summed E-state index contributed by atoms with van der Waals surface area (Å²) in [6, 6.07) is 14.0. The van der Waals surface area contributed by atoms with Crippen LogP contribution in [-0.2, 0) is 0 Å². The number of pyridine rings is 1. The zero-order valence-electron chi connectivity index (χ0n) is 13.0. The van der Waals surface area contributed by atoms with Crippen molar-refractivity contribution in [2.75, 3.05) is 20.1 Å². The van der Waals surface area contributed by atoms with E-state index in [4.69, 9.17) is 4.98 Å². The Bertz CT molecular complexity index is 851. The number of carbonyl (C=O) groups is 1. The molecule has 4 rings (SSSR count). The van der Waals surface area contributed by atoms with Crippen molar-refractivity contribution in [3.63, 3.8) is 0 Å². The molecule has 2 aromatic heterocycles. The van der Waals surface area contributed by atoms with Crippen LogP contribution in [0.2, 0.25) is 0 Å². The molecule has 1 aliphatic rings. The maximum atomic E-state index is 12.8. The van der Waals surface area contributed by atoms with E-state index in [9.17, 15) is 4.79 Å². The van der Waals surface area contributed by atoms with Crippen LogP contribution in [-0.4, -0.2) is 35.8 Å². The highest BCUT2D eigenvalue weighted by molar-refractivity contribution is 7.13. The highest BCUT2D eigenvalue weighted by atomic mass is 32.1. The predicted molar refractivity (Wildman–Crippen MR) is 95.0 cm³/mol. The van der Waals surface area contributed by atoms with Gasteiger partial charge in [0.2, 0.25) is 0 Å². The summed E-state index contributed by atoms with van der Waals surface area (Å²) in [7, 11) is 2.09. The Balaban J connectivity index is 1.75. The van der Waals surface area contributed by atoms with Crippen LogP contribution < -0.4 is 0 Å². The number of benzene rings is 1. The van der Waals surface area contributed by atoms with E-state index >= 15 is 0 Å². The Labute approximate surface area is 139 Å². The van der Waals surface area contributed by atoms with Crippen LogP contribution in [0.4, 0.5) is 0 Å². The van der Waals surface area contributed by atoms with Crippen LogP contribution in [0.15, 0.2) is 47.8 Å². The second-order valence-corrected chi connectivity index (χ2v) is 7.21. The second-order valence-electron chi connectivity index (χ2n) is 6.26. The molecule has 0 bridgehead atoms. The number of ketones is 1. The minimum Gasteiger partial charge on any atom is -0.306 e. The quantitative estimate of drug-likeness (QED) is 0.678. The van der Waals surface area contributed by atoms with Crippen molar-refractivity contribution < 1.29 is 4.79 Å². The number of likely N-dealkylation sites (tertiary alicyclic amines) is 1. The Kier molecular flexibility index (Phi) is 3.71. The van der Waals surface area contributed by atoms with E-state index < -0.39 is 0 Å². The van der Waals surface area contributed by atoms with Crippen LogP contribution in [0, 0.1) is 5.92 Å². The number of fused-ring (bicyclic) bond motifs is 1. The molecule has 3 aromatic rings. The van der Waals surface area contributed by atoms with E-state index in [0.29, 0.717) is 12.3 Å². The molecule has 1 aliphatic heterocycles. The van der Waals surface area contributed by atoms with E-state index in [2.05, 4.69) is 18.0 Å². The third-order valence-electron chi connectivity index (χ3n) is 4.40. The van der Waals surface area contributed by atoms with Crippen LogP contribution >= 0.6 is 11.3 Å². The SMILES string of the molecule is CN1CC(CC(=O)c2cc(-c3cccs3)nc3ccccc23)C1. The molecular formula is C19H18N2OS. The highest BCUT2D eigenvalue weighted by Crippen LogP contribution is 2.29. The Morgan fingerprint density at radius 1 is 1.26 bits per heavy atom. The highest BCUT2D eigenvalue weighted by Gasteiger charge is 2.26. The van der Waals surface area contributed by atoms with Crippen LogP contribution in [0.3, 0.4) is 0 Å². The van der Waals surface area contributed by atoms with Crippen molar-refractivity contribution in [2.45, 2.75) is 6.42 Å². The number of rotatable bonds is 4. The van der Waals surface area contributed by atoms with Crippen molar-refractivity contribution in [2.24, 2.45) is 5.92 Å². The fourth-order valence-electron chi connectivity index (χ4n) is 3.29. The molecule has 0 amide bonds. The first-order chi connectivity index (χ1) is 11.2. The van der Waals surface area contributed by atoms with Crippen LogP contribution in [0.5, 0.6) is 0 Å². The van der Waals surface area contributed by atoms with Gasteiger partial charge in [-0.2, -0.15) is 0 Å². The average Bonchev–Trinajstić information content (AvgIpc) is 3.06. The Morgan fingerprint density at radius 3 is 2.83 bits per heavy atom. The van der Waals surface area contributed by atoms with Gasteiger partial charge in [-0.05, 0) is 36.5 Å². The molecule has 4 heteroatoms. The summed E-state index contributed by atoms with van der Waals surface area (Å²) in [6.07, 6.45) is 0.627. The first-order valence-corrected chi connectivity index (χ1v) is 8.74. The summed E-state index contributed by atoms with van der Waals surface area (Å²) in [4.78, 5) is 20.9. The number of Topliss-reactive ketones (excluding diaryl/α,β-unsaturated/α-hetero) is 1. The van der Waals surface area contributed by atoms with Gasteiger partial charge in [0, 0.05) is 30.5 Å². The molecular weight excluding hydrogens is 304 g/mol. The summed E-state index contributed by atoms with van der Waals surface area (Å²) in [5, 5.41) is 3.00. The van der Waals surface area contributed by atoms with Gasteiger partial charge < -0.3 is 4.90 Å². The minimum absolute atomic E-state index is 0.236. The van der Waals surface area contributed by atoms with E-state index in [0.717, 1.165) is 40.1 Å². The third kappa shape index (κ3) is 2.80. The minimum atomic E-state index is 0.236. The van der Waals surface area contributed by atoms with Crippen molar-refractivity contribution in [3.8, 4) is 10.6 Å². The summed E-state index contributed by atoms with van der Waals surface area (Å²) in [6.45, 7) is 2.04. The first kappa shape index (κ1) is 14.5. The van der Waals surface area contributed by atoms with Gasteiger partial charge >= 0.3 is 0 Å². The average molecular weight is 322 g/mol. The number of carbonyl (C=O) groups excluding carboxylic acids is 1. The van der Waals surface area contributed by atoms with Crippen LogP contribution in [0.25, 0.3) is 21.5 Å². The number of hydrogen-bond donors (Lipinski definition) is 0. The van der Waals surface area contributed by atoms with Crippen molar-refractivity contribution >= 4 is 28.0 Å². The molecule has 0 unspecified atom stereocenters. The normalized spacial score (nSPS) is 15.7. The summed E-state index contributed by atoms with van der Waals surface area (Å²) in [5.74, 6) is 0.726. The molecule has 0 saturated carbocycles. The van der Waals surface area contributed by atoms with Gasteiger partial charge in [-0.1, -0.05) is 24.3 Å². The molecule has 3 nitrogen and oxygen atoms in total. The van der Waals surface area contributed by atoms with E-state index in [1.807, 2.05) is 41.8 Å². The van der Waals surface area contributed by atoms with Crippen molar-refractivity contribution in [1.29, 1.82) is 0 Å². The maximum Gasteiger partial charge on any atom is 0.164 e. The Hall–Kier alpha value is -2.04. The summed E-state index contributed by atoms with van der Waals surface area (Å²) >= 11 is 1.65. The molecule has 23 heavy (non-hydrogen) atoms. The first-order valence-electron chi connectivity index (χ1n) is 7.86. The van der Waals surface area contributed by atoms with E-state index in [1.165, 1.54) is 0 Å². The van der Waals surface area contributed by atoms with Gasteiger partial charge in [-0.15, -0.1) is 11.3 Å². The lowest BCUT2D eigenvalue weighted by atomic mass is 9.91. The summed E-state index contributed by atoms with van der Waals surface area (Å²) in [5.41, 5.74) is 2.61. The number of para-hydroxylation sites is 1. The van der Waals surface area contributed by atoms with Gasteiger partial charge in [0.15, 0.2) is 5.78 Å². The third-order valence-corrected chi connectivity index (χ3v) is 5.30. The molecule has 0 atom stereocenters. The lowest BCUT2D eigenvalue weighted by molar-refractivity contribution is 0.0837. The fraction of sp³-hybridized carbons (Fsp3) is 0.263. The molecule has 1 aromatic carbocycles. The molecule has 3 heterocycles. The zero-order chi connectivity index (χ0) is 15.8. The van der Waals surface area contributed by atoms with Gasteiger partial charge in [0.1, 0.15) is 0 Å². The summed E-state index contributed by atoms with van der Waals surface area (Å²) < 4.78 is 0. The number of aromatic nitrogens is 1. The molecule has 0 radical (unpaired) electrons. The zero-order valence-corrected chi connectivity index (χ0v) is 13.8. The van der Waals surface area contributed by atoms with Crippen LogP contribution in [0.1, 0.15) is 16.8 Å². The second kappa shape index (κ2) is 5.87. The molecule has 1 saturated heterocycles. The maximum absolute atomic E-state index is 12.8. The molecule has 0 N–H and O–H groups in total. The number of hydrogen-bond acceptors (Lipinski definition) is 4. The van der Waals surface area contributed by atoms with Crippen molar-refractivity contribution in [1.82, 2.24) is 9.88 Å². The number of thiophene rings is 1. The van der Waals surface area contributed by atoms with Crippen molar-refractivity contribution in [3.05, 3.63) is 53.4 Å². The molecule has 0 aliphatic carbocycles. The van der Waals surface area contributed by atoms with E-state index in [1.54, 1.807) is 11.3 Å². The monoisotopic (exact) mass is 322 g/mol. The lowest BCUT2D eigenvalue weighted by Crippen LogP contribution is -2.44. The number of nitrogens with zero attached hydrogens (tertiary/aromatic N) is 2. The lowest BCUT2D eigenvalue weighted by Gasteiger charge is -2.35. The smallest absolute Gasteiger partial charge is 0.164 e. The van der Waals surface area contributed by atoms with Gasteiger partial charge in [0.25, 0.3) is 0 Å². The van der Waals surface area contributed by atoms with Gasteiger partial charge in [0.05, 0.1) is 16.1 Å². The van der Waals surface area contributed by atoms with E-state index in [-0.39, 0.29) is 5.78 Å². The standard InChI is InChI=1S/C19H18N2OS/c1-21-11-13(12-21)9-18(22)15-10-17(19-7-4-8-23-19)20-16-6-3-2-5-14(15)16/h2-8,10,13H,9,11-12H2,1H3. The fourth-order valence-corrected chi connectivity index (χ4v) is 3.97.